The van der Waals surface area contributed by atoms with Crippen molar-refractivity contribution < 1.29 is 12.8 Å². The van der Waals surface area contributed by atoms with Crippen LogP contribution in [0.15, 0.2) is 45.9 Å². The Morgan fingerprint density at radius 3 is 2.63 bits per heavy atom. The maximum atomic E-state index is 13.6. The van der Waals surface area contributed by atoms with Crippen molar-refractivity contribution in [3.8, 4) is 0 Å². The number of pyridine rings is 1. The van der Waals surface area contributed by atoms with Gasteiger partial charge < -0.3 is 0 Å². The highest BCUT2D eigenvalue weighted by Gasteiger charge is 2.19. The van der Waals surface area contributed by atoms with Crippen LogP contribution in [0.3, 0.4) is 0 Å². The Labute approximate surface area is 122 Å². The van der Waals surface area contributed by atoms with Gasteiger partial charge >= 0.3 is 0 Å². The van der Waals surface area contributed by atoms with Gasteiger partial charge in [0.15, 0.2) is 0 Å². The molecule has 1 aromatic heterocycles. The van der Waals surface area contributed by atoms with Crippen molar-refractivity contribution in [1.29, 1.82) is 0 Å². The first-order chi connectivity index (χ1) is 8.88. The van der Waals surface area contributed by atoms with Crippen molar-refractivity contribution in [3.05, 3.63) is 51.8 Å². The summed E-state index contributed by atoms with van der Waals surface area (Å²) < 4.78 is 40.2. The highest BCUT2D eigenvalue weighted by Crippen LogP contribution is 2.22. The van der Waals surface area contributed by atoms with E-state index in [4.69, 9.17) is 11.6 Å². The van der Waals surface area contributed by atoms with Crippen molar-refractivity contribution >= 4 is 43.4 Å². The number of halogens is 3. The average Bonchev–Trinajstić information content (AvgIpc) is 2.27. The second-order valence-corrected chi connectivity index (χ2v) is 6.54. The van der Waals surface area contributed by atoms with Crippen molar-refractivity contribution in [3.63, 3.8) is 0 Å². The lowest BCUT2D eigenvalue weighted by atomic mass is 10.3. The van der Waals surface area contributed by atoms with Gasteiger partial charge in [-0.3, -0.25) is 4.72 Å². The van der Waals surface area contributed by atoms with Crippen LogP contribution in [-0.2, 0) is 10.0 Å². The van der Waals surface area contributed by atoms with E-state index in [1.54, 1.807) is 0 Å². The summed E-state index contributed by atoms with van der Waals surface area (Å²) in [6.45, 7) is 0. The molecule has 0 bridgehead atoms. The number of aromatic nitrogens is 1. The van der Waals surface area contributed by atoms with E-state index in [9.17, 15) is 12.8 Å². The molecule has 2 aromatic rings. The van der Waals surface area contributed by atoms with E-state index in [-0.39, 0.29) is 5.82 Å². The van der Waals surface area contributed by atoms with E-state index in [1.807, 2.05) is 0 Å². The summed E-state index contributed by atoms with van der Waals surface area (Å²) in [7, 11) is -4.04. The van der Waals surface area contributed by atoms with E-state index in [0.29, 0.717) is 9.50 Å². The molecule has 1 N–H and O–H groups in total. The zero-order valence-electron chi connectivity index (χ0n) is 9.27. The predicted molar refractivity (Wildman–Crippen MR) is 74.2 cm³/mol. The van der Waals surface area contributed by atoms with Gasteiger partial charge in [0, 0.05) is 21.8 Å². The molecule has 1 aromatic carbocycles. The summed E-state index contributed by atoms with van der Waals surface area (Å²) in [6, 6.07) is 6.49. The van der Waals surface area contributed by atoms with E-state index in [1.165, 1.54) is 24.4 Å². The topological polar surface area (TPSA) is 59.1 Å². The molecule has 0 unspecified atom stereocenters. The number of sulfonamides is 1. The van der Waals surface area contributed by atoms with Gasteiger partial charge in [0.25, 0.3) is 10.0 Å². The summed E-state index contributed by atoms with van der Waals surface area (Å²) in [4.78, 5) is 3.33. The summed E-state index contributed by atoms with van der Waals surface area (Å²) >= 11 is 8.77. The fourth-order valence-corrected chi connectivity index (χ4v) is 2.90. The second kappa shape index (κ2) is 5.44. The van der Waals surface area contributed by atoms with E-state index >= 15 is 0 Å². The van der Waals surface area contributed by atoms with Crippen LogP contribution in [0.25, 0.3) is 0 Å². The molecule has 2 rings (SSSR count). The molecule has 0 saturated heterocycles. The van der Waals surface area contributed by atoms with E-state index < -0.39 is 20.7 Å². The molecular formula is C11H7BrClFN2O2S. The van der Waals surface area contributed by atoms with Crippen LogP contribution in [0.2, 0.25) is 5.02 Å². The Morgan fingerprint density at radius 1 is 1.26 bits per heavy atom. The quantitative estimate of drug-likeness (QED) is 0.906. The highest BCUT2D eigenvalue weighted by atomic mass is 79.9. The molecule has 0 aliphatic rings. The standard InChI is InChI=1S/C11H7BrClFN2O2S/c12-7-1-2-10(9(14)5-7)19(17,18)16-11-6-8(13)3-4-15-11/h1-6H,(H,15,16). The molecule has 4 nitrogen and oxygen atoms in total. The number of hydrogen-bond acceptors (Lipinski definition) is 3. The number of hydrogen-bond donors (Lipinski definition) is 1. The molecule has 0 fully saturated rings. The number of nitrogens with one attached hydrogen (secondary N) is 1. The van der Waals surface area contributed by atoms with Crippen LogP contribution in [0.5, 0.6) is 0 Å². The molecule has 0 saturated carbocycles. The lowest BCUT2D eigenvalue weighted by Gasteiger charge is -2.08. The Bertz CT molecular complexity index is 724. The van der Waals surface area contributed by atoms with Gasteiger partial charge in [-0.15, -0.1) is 0 Å². The zero-order valence-corrected chi connectivity index (χ0v) is 12.4. The van der Waals surface area contributed by atoms with Gasteiger partial charge in [0.05, 0.1) is 0 Å². The van der Waals surface area contributed by atoms with Gasteiger partial charge in [0.1, 0.15) is 16.5 Å². The van der Waals surface area contributed by atoms with Gasteiger partial charge in [-0.2, -0.15) is 0 Å². The molecule has 8 heteroatoms. The van der Waals surface area contributed by atoms with Crippen molar-refractivity contribution in [2.45, 2.75) is 4.90 Å². The van der Waals surface area contributed by atoms with Crippen LogP contribution in [0, 0.1) is 5.82 Å². The molecule has 0 aliphatic carbocycles. The zero-order chi connectivity index (χ0) is 14.0. The molecule has 0 atom stereocenters. The Hall–Kier alpha value is -1.18. The summed E-state index contributed by atoms with van der Waals surface area (Å²) in [6.07, 6.45) is 1.35. The van der Waals surface area contributed by atoms with Gasteiger partial charge in [-0.05, 0) is 24.3 Å². The fraction of sp³-hybridized carbons (Fsp3) is 0. The average molecular weight is 366 g/mol. The lowest BCUT2D eigenvalue weighted by molar-refractivity contribution is 0.569. The number of benzene rings is 1. The number of rotatable bonds is 3. The third-order valence-electron chi connectivity index (χ3n) is 2.14. The minimum absolute atomic E-state index is 0.0230. The first-order valence-electron chi connectivity index (χ1n) is 4.98. The number of nitrogens with zero attached hydrogens (tertiary/aromatic N) is 1. The minimum atomic E-state index is -4.04. The first-order valence-corrected chi connectivity index (χ1v) is 7.63. The Balaban J connectivity index is 2.38. The normalized spacial score (nSPS) is 11.3. The van der Waals surface area contributed by atoms with Crippen molar-refractivity contribution in [1.82, 2.24) is 4.98 Å². The van der Waals surface area contributed by atoms with Crippen LogP contribution in [0.4, 0.5) is 10.2 Å². The maximum absolute atomic E-state index is 13.6. The molecule has 1 heterocycles. The largest absolute Gasteiger partial charge is 0.265 e. The Morgan fingerprint density at radius 2 is 2.00 bits per heavy atom. The highest BCUT2D eigenvalue weighted by molar-refractivity contribution is 9.10. The van der Waals surface area contributed by atoms with Crippen LogP contribution in [-0.4, -0.2) is 13.4 Å². The summed E-state index contributed by atoms with van der Waals surface area (Å²) in [5.41, 5.74) is 0. The van der Waals surface area contributed by atoms with Crippen LogP contribution in [0.1, 0.15) is 0 Å². The molecule has 0 spiro atoms. The van der Waals surface area contributed by atoms with Gasteiger partial charge in [-0.1, -0.05) is 27.5 Å². The predicted octanol–water partition coefficient (Wildman–Crippen LogP) is 3.44. The first kappa shape index (κ1) is 14.2. The minimum Gasteiger partial charge on any atom is -0.263 e. The summed E-state index contributed by atoms with van der Waals surface area (Å²) in [5, 5.41) is 0.323. The van der Waals surface area contributed by atoms with Crippen LogP contribution >= 0.6 is 27.5 Å². The monoisotopic (exact) mass is 364 g/mol. The van der Waals surface area contributed by atoms with Crippen molar-refractivity contribution in [2.24, 2.45) is 0 Å². The molecule has 0 radical (unpaired) electrons. The smallest absolute Gasteiger partial charge is 0.263 e. The molecule has 0 amide bonds. The summed E-state index contributed by atoms with van der Waals surface area (Å²) in [5.74, 6) is -0.835. The molecular weight excluding hydrogens is 359 g/mol. The SMILES string of the molecule is O=S(=O)(Nc1cc(Cl)ccn1)c1ccc(Br)cc1F. The molecule has 0 aliphatic heterocycles. The van der Waals surface area contributed by atoms with Gasteiger partial charge in [-0.25, -0.2) is 17.8 Å². The number of anilines is 1. The fourth-order valence-electron chi connectivity index (χ4n) is 1.35. The van der Waals surface area contributed by atoms with E-state index in [2.05, 4.69) is 25.6 Å². The lowest BCUT2D eigenvalue weighted by Crippen LogP contribution is -2.15. The molecule has 19 heavy (non-hydrogen) atoms. The third-order valence-corrected chi connectivity index (χ3v) is 4.26. The maximum Gasteiger partial charge on any atom is 0.265 e. The van der Waals surface area contributed by atoms with Crippen molar-refractivity contribution in [2.75, 3.05) is 4.72 Å². The second-order valence-electron chi connectivity index (χ2n) is 3.54. The molecule has 100 valence electrons. The van der Waals surface area contributed by atoms with E-state index in [0.717, 1.165) is 12.1 Å². The third kappa shape index (κ3) is 3.43. The Kier molecular flexibility index (Phi) is 4.07. The van der Waals surface area contributed by atoms with Crippen LogP contribution < -0.4 is 4.72 Å². The van der Waals surface area contributed by atoms with Gasteiger partial charge in [0.2, 0.25) is 0 Å².